The van der Waals surface area contributed by atoms with Crippen molar-refractivity contribution < 1.29 is 24.2 Å². The monoisotopic (exact) mass is 463 g/mol. The predicted molar refractivity (Wildman–Crippen MR) is 127 cm³/mol. The van der Waals surface area contributed by atoms with Crippen LogP contribution in [0, 0.1) is 11.8 Å². The molecule has 178 valence electrons. The van der Waals surface area contributed by atoms with Crippen molar-refractivity contribution in [2.75, 3.05) is 47.0 Å². The Hall–Kier alpha value is -3.51. The van der Waals surface area contributed by atoms with Gasteiger partial charge in [-0.25, -0.2) is 0 Å². The molecule has 2 aromatic carbocycles. The van der Waals surface area contributed by atoms with Gasteiger partial charge in [0, 0.05) is 50.4 Å². The van der Waals surface area contributed by atoms with Crippen LogP contribution in [0.2, 0.25) is 0 Å². The Balaban J connectivity index is 1.68. The number of hydrogen-bond donors (Lipinski definition) is 2. The van der Waals surface area contributed by atoms with E-state index in [4.69, 9.17) is 9.84 Å². The largest absolute Gasteiger partial charge is 0.388 e. The van der Waals surface area contributed by atoms with Crippen LogP contribution in [0.5, 0.6) is 0 Å². The number of rotatable bonds is 7. The summed E-state index contributed by atoms with van der Waals surface area (Å²) in [7, 11) is 2.72. The molecule has 3 rings (SSSR count). The topological polar surface area (TPSA) is 99.2 Å². The highest BCUT2D eigenvalue weighted by molar-refractivity contribution is 6.10. The number of hydrogen-bond acceptors (Lipinski definition) is 6. The molecule has 8 nitrogen and oxygen atoms in total. The summed E-state index contributed by atoms with van der Waals surface area (Å²) < 4.78 is 5.40. The van der Waals surface area contributed by atoms with E-state index in [2.05, 4.69) is 34.2 Å². The molecule has 0 bridgehead atoms. The van der Waals surface area contributed by atoms with Crippen molar-refractivity contribution in [1.82, 2.24) is 15.1 Å². The van der Waals surface area contributed by atoms with Crippen molar-refractivity contribution in [2.45, 2.75) is 12.6 Å². The van der Waals surface area contributed by atoms with Gasteiger partial charge in [-0.2, -0.15) is 0 Å². The Morgan fingerprint density at radius 3 is 2.41 bits per heavy atom. The molecule has 0 radical (unpaired) electrons. The summed E-state index contributed by atoms with van der Waals surface area (Å²) in [5.41, 5.74) is 3.13. The molecule has 1 heterocycles. The number of benzene rings is 2. The van der Waals surface area contributed by atoms with E-state index >= 15 is 0 Å². The first kappa shape index (κ1) is 25.1. The van der Waals surface area contributed by atoms with Gasteiger partial charge in [-0.05, 0) is 42.0 Å². The number of nitrogens with one attached hydrogen (secondary N) is 1. The van der Waals surface area contributed by atoms with Crippen molar-refractivity contribution in [1.29, 1.82) is 0 Å². The molecule has 1 fully saturated rings. The van der Waals surface area contributed by atoms with Crippen LogP contribution in [0.1, 0.15) is 27.0 Å². The predicted octanol–water partition coefficient (Wildman–Crippen LogP) is 0.667. The van der Waals surface area contributed by atoms with Gasteiger partial charge in [-0.1, -0.05) is 24.0 Å². The Morgan fingerprint density at radius 2 is 1.76 bits per heavy atom. The van der Waals surface area contributed by atoms with Crippen LogP contribution in [-0.4, -0.2) is 85.6 Å². The van der Waals surface area contributed by atoms with E-state index in [-0.39, 0.29) is 0 Å². The summed E-state index contributed by atoms with van der Waals surface area (Å²) >= 11 is 0. The molecule has 2 aromatic rings. The molecule has 1 aliphatic rings. The second kappa shape index (κ2) is 12.1. The molecule has 1 saturated heterocycles. The van der Waals surface area contributed by atoms with Crippen molar-refractivity contribution in [3.63, 3.8) is 0 Å². The number of Topliss-reactive ketones (excluding diaryl/α,β-unsaturated/α-hetero) is 1. The standard InChI is InChI=1S/C26H29N3O5/c1-27-25(32)24(23(31)18-30)28(2)26(33)22-10-8-19(9-11-22)6-7-20-4-3-5-21(16-20)17-29-12-14-34-15-13-29/h3-5,8-11,16,24,30H,12-15,17-18H2,1-2H3,(H,27,32). The van der Waals surface area contributed by atoms with Gasteiger partial charge in [0.2, 0.25) is 5.91 Å². The lowest BCUT2D eigenvalue weighted by Crippen LogP contribution is -2.52. The minimum atomic E-state index is -1.40. The fourth-order valence-electron chi connectivity index (χ4n) is 3.69. The van der Waals surface area contributed by atoms with E-state index in [9.17, 15) is 14.4 Å². The van der Waals surface area contributed by atoms with Crippen molar-refractivity contribution in [3.8, 4) is 11.8 Å². The molecule has 1 aliphatic heterocycles. The Morgan fingerprint density at radius 1 is 1.09 bits per heavy atom. The second-order valence-electron chi connectivity index (χ2n) is 7.97. The SMILES string of the molecule is CNC(=O)C(C(=O)CO)N(C)C(=O)c1ccc(C#Cc2cccc(CN3CCOCC3)c2)cc1. The lowest BCUT2D eigenvalue weighted by molar-refractivity contribution is -0.135. The van der Waals surface area contributed by atoms with Gasteiger partial charge in [0.15, 0.2) is 11.8 Å². The van der Waals surface area contributed by atoms with Crippen LogP contribution >= 0.6 is 0 Å². The zero-order valence-corrected chi connectivity index (χ0v) is 19.4. The van der Waals surface area contributed by atoms with Crippen LogP contribution in [0.4, 0.5) is 0 Å². The minimum Gasteiger partial charge on any atom is -0.388 e. The molecule has 34 heavy (non-hydrogen) atoms. The van der Waals surface area contributed by atoms with Crippen molar-refractivity contribution >= 4 is 17.6 Å². The summed E-state index contributed by atoms with van der Waals surface area (Å²) in [6.07, 6.45) is 0. The third-order valence-corrected chi connectivity index (χ3v) is 5.58. The smallest absolute Gasteiger partial charge is 0.254 e. The molecule has 2 N–H and O–H groups in total. The number of ketones is 1. The first-order valence-corrected chi connectivity index (χ1v) is 11.1. The van der Waals surface area contributed by atoms with E-state index in [1.807, 2.05) is 12.1 Å². The van der Waals surface area contributed by atoms with Gasteiger partial charge in [0.25, 0.3) is 5.91 Å². The van der Waals surface area contributed by atoms with E-state index < -0.39 is 30.2 Å². The van der Waals surface area contributed by atoms with Gasteiger partial charge in [0.05, 0.1) is 13.2 Å². The molecule has 0 spiro atoms. The molecule has 1 unspecified atom stereocenters. The quantitative estimate of drug-likeness (QED) is 0.463. The summed E-state index contributed by atoms with van der Waals surface area (Å²) in [4.78, 5) is 40.2. The number of morpholine rings is 1. The van der Waals surface area contributed by atoms with Crippen LogP contribution < -0.4 is 5.32 Å². The Bertz CT molecular complexity index is 1070. The number of likely N-dealkylation sites (N-methyl/N-ethyl adjacent to an activating group) is 2. The normalized spacial score (nSPS) is 14.4. The average Bonchev–Trinajstić information content (AvgIpc) is 2.88. The first-order chi connectivity index (χ1) is 16.4. The molecule has 8 heteroatoms. The fraction of sp³-hybridized carbons (Fsp3) is 0.346. The summed E-state index contributed by atoms with van der Waals surface area (Å²) in [5, 5.41) is 11.5. The van der Waals surface area contributed by atoms with E-state index in [1.165, 1.54) is 19.7 Å². The van der Waals surface area contributed by atoms with Crippen LogP contribution in [0.3, 0.4) is 0 Å². The maximum Gasteiger partial charge on any atom is 0.254 e. The molecule has 2 amide bonds. The molecule has 0 saturated carbocycles. The first-order valence-electron chi connectivity index (χ1n) is 11.1. The van der Waals surface area contributed by atoms with E-state index in [0.29, 0.717) is 5.56 Å². The summed E-state index contributed by atoms with van der Waals surface area (Å²) in [6.45, 7) is 3.40. The zero-order chi connectivity index (χ0) is 24.5. The highest BCUT2D eigenvalue weighted by Crippen LogP contribution is 2.12. The highest BCUT2D eigenvalue weighted by atomic mass is 16.5. The molecule has 0 aliphatic carbocycles. The number of aliphatic hydroxyl groups excluding tert-OH is 1. The van der Waals surface area contributed by atoms with Gasteiger partial charge in [-0.15, -0.1) is 0 Å². The lowest BCUT2D eigenvalue weighted by Gasteiger charge is -2.26. The maximum atomic E-state index is 12.8. The number of carbonyl (C=O) groups excluding carboxylic acids is 3. The molecular formula is C26H29N3O5. The van der Waals surface area contributed by atoms with E-state index in [1.54, 1.807) is 24.3 Å². The highest BCUT2D eigenvalue weighted by Gasteiger charge is 2.32. The van der Waals surface area contributed by atoms with Crippen LogP contribution in [0.15, 0.2) is 48.5 Å². The molecule has 1 atom stereocenters. The van der Waals surface area contributed by atoms with Gasteiger partial charge < -0.3 is 20.1 Å². The lowest BCUT2D eigenvalue weighted by atomic mass is 10.1. The van der Waals surface area contributed by atoms with Gasteiger partial charge >= 0.3 is 0 Å². The number of aliphatic hydroxyl groups is 1. The summed E-state index contributed by atoms with van der Waals surface area (Å²) in [6, 6.07) is 13.4. The van der Waals surface area contributed by atoms with Crippen LogP contribution in [0.25, 0.3) is 0 Å². The maximum absolute atomic E-state index is 12.8. The molecular weight excluding hydrogens is 434 g/mol. The van der Waals surface area contributed by atoms with Gasteiger partial charge in [0.1, 0.15) is 6.61 Å². The zero-order valence-electron chi connectivity index (χ0n) is 19.4. The number of amides is 2. The summed E-state index contributed by atoms with van der Waals surface area (Å²) in [5.74, 6) is 4.34. The van der Waals surface area contributed by atoms with E-state index in [0.717, 1.165) is 48.9 Å². The third kappa shape index (κ3) is 6.51. The third-order valence-electron chi connectivity index (χ3n) is 5.58. The number of ether oxygens (including phenoxy) is 1. The van der Waals surface area contributed by atoms with Crippen molar-refractivity contribution in [2.24, 2.45) is 0 Å². The average molecular weight is 464 g/mol. The number of carbonyl (C=O) groups is 3. The van der Waals surface area contributed by atoms with Crippen molar-refractivity contribution in [3.05, 3.63) is 70.8 Å². The Labute approximate surface area is 199 Å². The van der Waals surface area contributed by atoms with Crippen LogP contribution in [-0.2, 0) is 20.9 Å². The Kier molecular flexibility index (Phi) is 8.93. The number of nitrogens with zero attached hydrogens (tertiary/aromatic N) is 2. The fourth-order valence-corrected chi connectivity index (χ4v) is 3.69. The van der Waals surface area contributed by atoms with Gasteiger partial charge in [-0.3, -0.25) is 19.3 Å². The molecule has 0 aromatic heterocycles. The minimum absolute atomic E-state index is 0.306. The second-order valence-corrected chi connectivity index (χ2v) is 7.97.